The maximum absolute atomic E-state index is 5.90. The van der Waals surface area contributed by atoms with E-state index in [0.717, 1.165) is 12.4 Å². The normalized spacial score (nSPS) is 11.6. The Labute approximate surface area is 109 Å². The van der Waals surface area contributed by atoms with Gasteiger partial charge in [-0.05, 0) is 24.7 Å². The zero-order valence-corrected chi connectivity index (χ0v) is 12.0. The molecule has 0 saturated carbocycles. The smallest absolute Gasteiger partial charge is 0.134 e. The van der Waals surface area contributed by atoms with Crippen LogP contribution < -0.4 is 5.32 Å². The van der Waals surface area contributed by atoms with Gasteiger partial charge in [0.2, 0.25) is 0 Å². The van der Waals surface area contributed by atoms with Crippen molar-refractivity contribution in [3.05, 3.63) is 17.0 Å². The van der Waals surface area contributed by atoms with Gasteiger partial charge in [0.1, 0.15) is 16.8 Å². The molecule has 0 amide bonds. The van der Waals surface area contributed by atoms with Crippen LogP contribution in [0.1, 0.15) is 33.5 Å². The molecule has 1 aromatic heterocycles. The highest BCUT2D eigenvalue weighted by Gasteiger charge is 2.17. The number of hydrogen-bond acceptors (Lipinski definition) is 3. The second-order valence-electron chi connectivity index (χ2n) is 5.16. The molecule has 0 atom stereocenters. The van der Waals surface area contributed by atoms with E-state index in [1.165, 1.54) is 0 Å². The summed E-state index contributed by atoms with van der Waals surface area (Å²) >= 11 is 5.90. The first-order chi connectivity index (χ1) is 7.90. The van der Waals surface area contributed by atoms with E-state index in [-0.39, 0.29) is 0 Å². The van der Waals surface area contributed by atoms with Crippen LogP contribution in [0.3, 0.4) is 0 Å². The fourth-order valence-electron chi connectivity index (χ4n) is 2.09. The summed E-state index contributed by atoms with van der Waals surface area (Å²) in [6, 6.07) is 1.77. The predicted molar refractivity (Wildman–Crippen MR) is 73.4 cm³/mol. The molecule has 96 valence electrons. The molecule has 0 aliphatic rings. The predicted octanol–water partition coefficient (Wildman–Crippen LogP) is 3.78. The van der Waals surface area contributed by atoms with Gasteiger partial charge in [0.25, 0.3) is 0 Å². The summed E-state index contributed by atoms with van der Waals surface area (Å²) in [6.45, 7) is 11.8. The van der Waals surface area contributed by atoms with Crippen LogP contribution in [0, 0.1) is 24.7 Å². The molecule has 17 heavy (non-hydrogen) atoms. The number of hydrogen-bond donors (Lipinski definition) is 1. The zero-order chi connectivity index (χ0) is 13.0. The summed E-state index contributed by atoms with van der Waals surface area (Å²) < 4.78 is 0. The molecule has 1 N–H and O–H groups in total. The summed E-state index contributed by atoms with van der Waals surface area (Å²) in [7, 11) is 0. The summed E-state index contributed by atoms with van der Waals surface area (Å²) in [5, 5.41) is 3.84. The Morgan fingerprint density at radius 2 is 1.76 bits per heavy atom. The van der Waals surface area contributed by atoms with Gasteiger partial charge in [-0.1, -0.05) is 39.3 Å². The molecule has 0 unspecified atom stereocenters. The van der Waals surface area contributed by atoms with E-state index in [4.69, 9.17) is 11.6 Å². The van der Waals surface area contributed by atoms with Crippen molar-refractivity contribution >= 4 is 17.4 Å². The topological polar surface area (TPSA) is 37.8 Å². The van der Waals surface area contributed by atoms with Crippen molar-refractivity contribution in [1.29, 1.82) is 0 Å². The minimum absolute atomic E-state index is 0.491. The van der Waals surface area contributed by atoms with Crippen LogP contribution in [0.15, 0.2) is 6.07 Å². The maximum Gasteiger partial charge on any atom is 0.134 e. The van der Waals surface area contributed by atoms with E-state index < -0.39 is 0 Å². The van der Waals surface area contributed by atoms with Crippen molar-refractivity contribution in [2.75, 3.05) is 11.9 Å². The first-order valence-corrected chi connectivity index (χ1v) is 6.53. The van der Waals surface area contributed by atoms with Crippen LogP contribution in [0.4, 0.5) is 5.82 Å². The van der Waals surface area contributed by atoms with E-state index in [1.54, 1.807) is 6.07 Å². The first kappa shape index (κ1) is 14.2. The van der Waals surface area contributed by atoms with Crippen molar-refractivity contribution in [2.45, 2.75) is 34.6 Å². The van der Waals surface area contributed by atoms with Gasteiger partial charge in [0.15, 0.2) is 0 Å². The van der Waals surface area contributed by atoms with Crippen LogP contribution in [-0.4, -0.2) is 16.5 Å². The molecule has 0 aromatic carbocycles. The molecule has 0 saturated heterocycles. The molecule has 4 heteroatoms. The van der Waals surface area contributed by atoms with Crippen LogP contribution in [0.5, 0.6) is 0 Å². The Bertz CT molecular complexity index is 335. The average molecular weight is 256 g/mol. The fraction of sp³-hybridized carbons (Fsp3) is 0.692. The molecule has 0 aliphatic heterocycles. The van der Waals surface area contributed by atoms with Gasteiger partial charge in [-0.2, -0.15) is 0 Å². The van der Waals surface area contributed by atoms with Crippen molar-refractivity contribution in [1.82, 2.24) is 9.97 Å². The van der Waals surface area contributed by atoms with Crippen molar-refractivity contribution in [3.8, 4) is 0 Å². The Morgan fingerprint density at radius 1 is 1.18 bits per heavy atom. The Balaban J connectivity index is 2.65. The van der Waals surface area contributed by atoms with Gasteiger partial charge >= 0.3 is 0 Å². The number of nitrogens with one attached hydrogen (secondary N) is 1. The van der Waals surface area contributed by atoms with E-state index in [0.29, 0.717) is 28.7 Å². The zero-order valence-electron chi connectivity index (χ0n) is 11.3. The van der Waals surface area contributed by atoms with Gasteiger partial charge in [0.05, 0.1) is 0 Å². The largest absolute Gasteiger partial charge is 0.370 e. The van der Waals surface area contributed by atoms with E-state index in [9.17, 15) is 0 Å². The van der Waals surface area contributed by atoms with Gasteiger partial charge < -0.3 is 5.32 Å². The molecular weight excluding hydrogens is 234 g/mol. The van der Waals surface area contributed by atoms with Crippen molar-refractivity contribution in [3.63, 3.8) is 0 Å². The highest BCUT2D eigenvalue weighted by Crippen LogP contribution is 2.21. The van der Waals surface area contributed by atoms with Crippen molar-refractivity contribution < 1.29 is 0 Å². The molecule has 0 spiro atoms. The second kappa shape index (κ2) is 6.20. The molecule has 0 bridgehead atoms. The first-order valence-electron chi connectivity index (χ1n) is 6.15. The highest BCUT2D eigenvalue weighted by atomic mass is 35.5. The van der Waals surface area contributed by atoms with Crippen LogP contribution in [-0.2, 0) is 0 Å². The number of anilines is 1. The molecule has 1 aromatic rings. The monoisotopic (exact) mass is 255 g/mol. The van der Waals surface area contributed by atoms with Gasteiger partial charge in [0, 0.05) is 12.6 Å². The second-order valence-corrected chi connectivity index (χ2v) is 5.54. The maximum atomic E-state index is 5.90. The molecule has 0 radical (unpaired) electrons. The molecule has 0 fully saturated rings. The van der Waals surface area contributed by atoms with E-state index in [1.807, 2.05) is 6.92 Å². The van der Waals surface area contributed by atoms with Crippen molar-refractivity contribution in [2.24, 2.45) is 17.8 Å². The SMILES string of the molecule is Cc1nc(Cl)cc(NCC(C(C)C)C(C)C)n1. The summed E-state index contributed by atoms with van der Waals surface area (Å²) in [6.07, 6.45) is 0. The highest BCUT2D eigenvalue weighted by molar-refractivity contribution is 6.29. The summed E-state index contributed by atoms with van der Waals surface area (Å²) in [5.41, 5.74) is 0. The lowest BCUT2D eigenvalue weighted by molar-refractivity contribution is 0.304. The molecule has 1 rings (SSSR count). The quantitative estimate of drug-likeness (QED) is 0.814. The van der Waals surface area contributed by atoms with Crippen LogP contribution in [0.25, 0.3) is 0 Å². The van der Waals surface area contributed by atoms with Gasteiger partial charge in [-0.25, -0.2) is 9.97 Å². The molecule has 0 aliphatic carbocycles. The summed E-state index contributed by atoms with van der Waals surface area (Å²) in [4.78, 5) is 8.36. The minimum Gasteiger partial charge on any atom is -0.370 e. The minimum atomic E-state index is 0.491. The molecule has 1 heterocycles. The summed E-state index contributed by atoms with van der Waals surface area (Å²) in [5.74, 6) is 3.45. The Morgan fingerprint density at radius 3 is 2.24 bits per heavy atom. The lowest BCUT2D eigenvalue weighted by Gasteiger charge is -2.25. The standard InChI is InChI=1S/C13H22ClN3/c1-8(2)11(9(3)4)7-15-13-6-12(14)16-10(5)17-13/h6,8-9,11H,7H2,1-5H3,(H,15,16,17). The Hall–Kier alpha value is -0.830. The number of halogens is 1. The third-order valence-electron chi connectivity index (χ3n) is 3.04. The lowest BCUT2D eigenvalue weighted by Crippen LogP contribution is -2.24. The third kappa shape index (κ3) is 4.50. The van der Waals surface area contributed by atoms with Gasteiger partial charge in [-0.15, -0.1) is 0 Å². The number of nitrogens with zero attached hydrogens (tertiary/aromatic N) is 2. The van der Waals surface area contributed by atoms with Crippen LogP contribution in [0.2, 0.25) is 5.15 Å². The van der Waals surface area contributed by atoms with E-state index in [2.05, 4.69) is 43.0 Å². The van der Waals surface area contributed by atoms with Crippen LogP contribution >= 0.6 is 11.6 Å². The molecular formula is C13H22ClN3. The fourth-order valence-corrected chi connectivity index (χ4v) is 2.31. The van der Waals surface area contributed by atoms with Gasteiger partial charge in [-0.3, -0.25) is 0 Å². The lowest BCUT2D eigenvalue weighted by atomic mass is 9.85. The number of aryl methyl sites for hydroxylation is 1. The molecule has 3 nitrogen and oxygen atoms in total. The number of rotatable bonds is 5. The van der Waals surface area contributed by atoms with E-state index >= 15 is 0 Å². The Kier molecular flexibility index (Phi) is 5.19. The third-order valence-corrected chi connectivity index (χ3v) is 3.23. The number of aromatic nitrogens is 2. The average Bonchev–Trinajstić information content (AvgIpc) is 2.14.